The summed E-state index contributed by atoms with van der Waals surface area (Å²) in [5.74, 6) is -0.516. The Morgan fingerprint density at radius 1 is 1.19 bits per heavy atom. The fourth-order valence-electron chi connectivity index (χ4n) is 3.11. The molecule has 26 heavy (non-hydrogen) atoms. The number of carbonyl (C=O) groups excluding carboxylic acids is 3. The van der Waals surface area contributed by atoms with Crippen LogP contribution in [-0.2, 0) is 4.79 Å². The maximum Gasteiger partial charge on any atom is 0.261 e. The molecule has 0 saturated carbocycles. The zero-order valence-electron chi connectivity index (χ0n) is 15.2. The van der Waals surface area contributed by atoms with E-state index in [1.54, 1.807) is 35.4 Å². The van der Waals surface area contributed by atoms with E-state index < -0.39 is 0 Å². The summed E-state index contributed by atoms with van der Waals surface area (Å²) in [5, 5.41) is 1.99. The maximum atomic E-state index is 12.4. The minimum absolute atomic E-state index is 0.0124. The van der Waals surface area contributed by atoms with Crippen LogP contribution >= 0.6 is 11.3 Å². The summed E-state index contributed by atoms with van der Waals surface area (Å²) >= 11 is 1.62. The van der Waals surface area contributed by atoms with Crippen LogP contribution in [0.3, 0.4) is 0 Å². The van der Waals surface area contributed by atoms with Gasteiger partial charge in [0.2, 0.25) is 5.91 Å². The van der Waals surface area contributed by atoms with Gasteiger partial charge in [-0.1, -0.05) is 17.7 Å². The average Bonchev–Trinajstić information content (AvgIpc) is 3.23. The topological polar surface area (TPSA) is 57.7 Å². The number of thiophene rings is 1. The molecule has 0 N–H and O–H groups in total. The number of carbonyl (C=O) groups is 3. The van der Waals surface area contributed by atoms with Gasteiger partial charge in [0.25, 0.3) is 11.8 Å². The molecule has 1 aliphatic rings. The highest BCUT2D eigenvalue weighted by molar-refractivity contribution is 7.10. The molecule has 1 atom stereocenters. The van der Waals surface area contributed by atoms with Gasteiger partial charge >= 0.3 is 0 Å². The molecule has 3 rings (SSSR count). The van der Waals surface area contributed by atoms with E-state index in [4.69, 9.17) is 0 Å². The lowest BCUT2D eigenvalue weighted by Crippen LogP contribution is -2.33. The molecule has 1 unspecified atom stereocenters. The van der Waals surface area contributed by atoms with Gasteiger partial charge in [-0.25, -0.2) is 0 Å². The molecule has 136 valence electrons. The summed E-state index contributed by atoms with van der Waals surface area (Å²) in [6.07, 6.45) is 0.767. The fourth-order valence-corrected chi connectivity index (χ4v) is 3.93. The van der Waals surface area contributed by atoms with Gasteiger partial charge in [0.05, 0.1) is 17.2 Å². The van der Waals surface area contributed by atoms with Crippen molar-refractivity contribution in [1.82, 2.24) is 9.80 Å². The second-order valence-corrected chi connectivity index (χ2v) is 7.59. The highest BCUT2D eigenvalue weighted by Gasteiger charge is 2.35. The van der Waals surface area contributed by atoms with Crippen LogP contribution in [0.15, 0.2) is 35.7 Å². The predicted octanol–water partition coefficient (Wildman–Crippen LogP) is 3.65. The van der Waals surface area contributed by atoms with E-state index in [1.807, 2.05) is 37.4 Å². The smallest absolute Gasteiger partial charge is 0.261 e. The average molecular weight is 370 g/mol. The Labute approximate surface area is 157 Å². The molecule has 1 aliphatic heterocycles. The molecule has 0 saturated heterocycles. The number of fused-ring (bicyclic) bond motifs is 1. The zero-order valence-corrected chi connectivity index (χ0v) is 16.0. The molecule has 0 spiro atoms. The van der Waals surface area contributed by atoms with Gasteiger partial charge in [-0.05, 0) is 43.8 Å². The SMILES string of the molecule is Cc1ccc2c(c1)C(=O)N(CCCC(=O)N(C)C(C)c1cccs1)C2=O. The standard InChI is InChI=1S/C20H22N2O3S/c1-13-8-9-15-16(12-13)20(25)22(19(15)24)10-4-7-18(23)21(3)14(2)17-6-5-11-26-17/h5-6,8-9,11-12,14H,4,7,10H2,1-3H3. The number of aryl methyl sites for hydroxylation is 1. The van der Waals surface area contributed by atoms with Crippen LogP contribution in [0.5, 0.6) is 0 Å². The molecule has 2 heterocycles. The quantitative estimate of drug-likeness (QED) is 0.729. The van der Waals surface area contributed by atoms with E-state index in [-0.39, 0.29) is 30.3 Å². The molecule has 0 fully saturated rings. The van der Waals surface area contributed by atoms with Gasteiger partial charge < -0.3 is 4.90 Å². The third-order valence-corrected chi connectivity index (χ3v) is 5.87. The highest BCUT2D eigenvalue weighted by Crippen LogP contribution is 2.26. The Morgan fingerprint density at radius 3 is 2.62 bits per heavy atom. The van der Waals surface area contributed by atoms with Crippen molar-refractivity contribution in [3.05, 3.63) is 57.3 Å². The summed E-state index contributed by atoms with van der Waals surface area (Å²) < 4.78 is 0. The third kappa shape index (κ3) is 3.42. The predicted molar refractivity (Wildman–Crippen MR) is 101 cm³/mol. The van der Waals surface area contributed by atoms with Crippen LogP contribution in [0.1, 0.15) is 57.0 Å². The van der Waals surface area contributed by atoms with Crippen LogP contribution < -0.4 is 0 Å². The van der Waals surface area contributed by atoms with Gasteiger partial charge in [0, 0.05) is 24.9 Å². The Balaban J connectivity index is 1.56. The molecule has 1 aromatic carbocycles. The van der Waals surface area contributed by atoms with E-state index in [0.29, 0.717) is 24.0 Å². The largest absolute Gasteiger partial charge is 0.338 e. The first kappa shape index (κ1) is 18.3. The molecule has 0 radical (unpaired) electrons. The van der Waals surface area contributed by atoms with Crippen molar-refractivity contribution < 1.29 is 14.4 Å². The summed E-state index contributed by atoms with van der Waals surface area (Å²) in [4.78, 5) is 41.4. The van der Waals surface area contributed by atoms with Crippen molar-refractivity contribution in [3.63, 3.8) is 0 Å². The van der Waals surface area contributed by atoms with Crippen molar-refractivity contribution in [2.24, 2.45) is 0 Å². The van der Waals surface area contributed by atoms with Crippen molar-refractivity contribution in [3.8, 4) is 0 Å². The molecule has 0 aliphatic carbocycles. The molecule has 6 heteroatoms. The second-order valence-electron chi connectivity index (χ2n) is 6.61. The van der Waals surface area contributed by atoms with Crippen LogP contribution in [0.2, 0.25) is 0 Å². The molecular weight excluding hydrogens is 348 g/mol. The Hall–Kier alpha value is -2.47. The first-order valence-corrected chi connectivity index (χ1v) is 9.54. The van der Waals surface area contributed by atoms with Crippen molar-refractivity contribution in [2.75, 3.05) is 13.6 Å². The van der Waals surface area contributed by atoms with E-state index in [1.165, 1.54) is 4.90 Å². The minimum atomic E-state index is -0.266. The van der Waals surface area contributed by atoms with Crippen molar-refractivity contribution in [1.29, 1.82) is 0 Å². The number of rotatable bonds is 6. The van der Waals surface area contributed by atoms with E-state index in [0.717, 1.165) is 10.4 Å². The van der Waals surface area contributed by atoms with Crippen LogP contribution in [0, 0.1) is 6.92 Å². The van der Waals surface area contributed by atoms with E-state index in [9.17, 15) is 14.4 Å². The van der Waals surface area contributed by atoms with E-state index in [2.05, 4.69) is 0 Å². The Bertz CT molecular complexity index is 845. The lowest BCUT2D eigenvalue weighted by molar-refractivity contribution is -0.131. The number of amides is 3. The lowest BCUT2D eigenvalue weighted by atomic mass is 10.1. The molecule has 0 bridgehead atoms. The third-order valence-electron chi connectivity index (χ3n) is 4.83. The van der Waals surface area contributed by atoms with Crippen LogP contribution in [0.4, 0.5) is 0 Å². The molecule has 3 amide bonds. The van der Waals surface area contributed by atoms with Gasteiger partial charge in [0.1, 0.15) is 0 Å². The highest BCUT2D eigenvalue weighted by atomic mass is 32.1. The van der Waals surface area contributed by atoms with Crippen molar-refractivity contribution >= 4 is 29.1 Å². The second kappa shape index (κ2) is 7.41. The Morgan fingerprint density at radius 2 is 1.92 bits per heavy atom. The maximum absolute atomic E-state index is 12.4. The summed E-state index contributed by atoms with van der Waals surface area (Å²) in [7, 11) is 1.79. The first-order valence-electron chi connectivity index (χ1n) is 8.66. The van der Waals surface area contributed by atoms with Gasteiger partial charge in [0.15, 0.2) is 0 Å². The molecule has 5 nitrogen and oxygen atoms in total. The van der Waals surface area contributed by atoms with Crippen LogP contribution in [-0.4, -0.2) is 41.1 Å². The number of nitrogens with zero attached hydrogens (tertiary/aromatic N) is 2. The van der Waals surface area contributed by atoms with E-state index >= 15 is 0 Å². The fraction of sp³-hybridized carbons (Fsp3) is 0.350. The Kier molecular flexibility index (Phi) is 5.23. The molecule has 1 aromatic heterocycles. The lowest BCUT2D eigenvalue weighted by Gasteiger charge is -2.24. The number of benzene rings is 1. The van der Waals surface area contributed by atoms with Crippen LogP contribution in [0.25, 0.3) is 0 Å². The molecular formula is C20H22N2O3S. The summed E-state index contributed by atoms with van der Waals surface area (Å²) in [6.45, 7) is 4.15. The monoisotopic (exact) mass is 370 g/mol. The number of hydrogen-bond acceptors (Lipinski definition) is 4. The van der Waals surface area contributed by atoms with Gasteiger partial charge in [-0.15, -0.1) is 11.3 Å². The van der Waals surface area contributed by atoms with Gasteiger partial charge in [-0.3, -0.25) is 19.3 Å². The number of hydrogen-bond donors (Lipinski definition) is 0. The first-order chi connectivity index (χ1) is 12.4. The summed E-state index contributed by atoms with van der Waals surface area (Å²) in [6, 6.07) is 9.28. The normalized spacial score (nSPS) is 14.5. The molecule has 2 aromatic rings. The summed E-state index contributed by atoms with van der Waals surface area (Å²) in [5.41, 5.74) is 1.87. The minimum Gasteiger partial charge on any atom is -0.338 e. The van der Waals surface area contributed by atoms with Gasteiger partial charge in [-0.2, -0.15) is 0 Å². The number of imide groups is 1. The van der Waals surface area contributed by atoms with Crippen molar-refractivity contribution in [2.45, 2.75) is 32.7 Å². The zero-order chi connectivity index (χ0) is 18.8.